The fourth-order valence-corrected chi connectivity index (χ4v) is 6.52. The minimum absolute atomic E-state index is 0.151. The molecule has 1 heterocycles. The molecule has 0 radical (unpaired) electrons. The lowest BCUT2D eigenvalue weighted by molar-refractivity contribution is -0.305. The third kappa shape index (κ3) is 29.6. The normalized spacial score (nSPS) is 20.7. The Labute approximate surface area is 351 Å². The molecule has 6 atom stereocenters. The quantitative estimate of drug-likeness (QED) is 0.0271. The molecule has 0 aromatic carbocycles. The van der Waals surface area contributed by atoms with E-state index in [0.717, 1.165) is 44.9 Å². The maximum Gasteiger partial charge on any atom is 0.306 e. The van der Waals surface area contributed by atoms with Gasteiger partial charge in [0.25, 0.3) is 0 Å². The average Bonchev–Trinajstić information content (AvgIpc) is 3.22. The van der Waals surface area contributed by atoms with Crippen molar-refractivity contribution in [3.8, 4) is 0 Å². The van der Waals surface area contributed by atoms with E-state index in [1.54, 1.807) is 0 Å². The van der Waals surface area contributed by atoms with Crippen molar-refractivity contribution < 1.29 is 49.0 Å². The highest BCUT2D eigenvalue weighted by atomic mass is 16.7. The zero-order valence-electron chi connectivity index (χ0n) is 36.3. The van der Waals surface area contributed by atoms with E-state index in [0.29, 0.717) is 12.8 Å². The second-order valence-corrected chi connectivity index (χ2v) is 15.5. The molecule has 0 amide bonds. The van der Waals surface area contributed by atoms with Gasteiger partial charge in [0.15, 0.2) is 12.4 Å². The molecule has 0 spiro atoms. The number of allylic oxidation sites excluding steroid dienone is 10. The van der Waals surface area contributed by atoms with Crippen molar-refractivity contribution >= 4 is 11.9 Å². The molecule has 0 aliphatic carbocycles. The summed E-state index contributed by atoms with van der Waals surface area (Å²) < 4.78 is 22.1. The Morgan fingerprint density at radius 3 is 1.52 bits per heavy atom. The van der Waals surface area contributed by atoms with Crippen molar-refractivity contribution in [2.75, 3.05) is 19.8 Å². The molecule has 0 aromatic heterocycles. The van der Waals surface area contributed by atoms with Crippen molar-refractivity contribution in [1.82, 2.24) is 0 Å². The van der Waals surface area contributed by atoms with Crippen molar-refractivity contribution in [2.45, 2.75) is 211 Å². The molecule has 1 aliphatic heterocycles. The molecule has 2 unspecified atom stereocenters. The van der Waals surface area contributed by atoms with E-state index in [-0.39, 0.29) is 26.1 Å². The molecule has 0 bridgehead atoms. The number of ether oxygens (including phenoxy) is 4. The van der Waals surface area contributed by atoms with Gasteiger partial charge < -0.3 is 39.4 Å². The molecule has 0 saturated carbocycles. The average molecular weight is 819 g/mol. The maximum atomic E-state index is 12.8. The fraction of sp³-hybridized carbons (Fsp3) is 0.750. The summed E-state index contributed by atoms with van der Waals surface area (Å²) in [5.74, 6) is -0.902. The standard InChI is InChI=1S/C48H82O10/c1-3-5-7-9-11-13-15-17-19-20-21-22-23-25-26-28-30-32-34-36-43(50)55-39-41(40-56-48-47(54)46(53)45(52)42(38-49)58-48)57-44(51)37-35-33-31-29-27-24-18-16-14-12-10-8-6-4-2/h11,13,17,19,21-22,25-26,30,32,41-42,45-49,52-54H,3-10,12,14-16,18,20,23-24,27-29,31,33-40H2,1-2H3/b13-11+,19-17+,22-21+,26-25+,32-30+/t41-,42-,45+,46?,47?,48-/m0/s1. The smallest absolute Gasteiger partial charge is 0.306 e. The molecule has 58 heavy (non-hydrogen) atoms. The molecular formula is C48H82O10. The molecule has 0 aromatic rings. The first-order chi connectivity index (χ1) is 28.3. The zero-order chi connectivity index (χ0) is 42.3. The van der Waals surface area contributed by atoms with Crippen LogP contribution < -0.4 is 0 Å². The van der Waals surface area contributed by atoms with Crippen LogP contribution in [0.1, 0.15) is 174 Å². The van der Waals surface area contributed by atoms with Gasteiger partial charge in [-0.3, -0.25) is 9.59 Å². The van der Waals surface area contributed by atoms with Crippen LogP contribution in [0.15, 0.2) is 60.8 Å². The number of aliphatic hydroxyl groups is 4. The van der Waals surface area contributed by atoms with E-state index in [9.17, 15) is 30.0 Å². The van der Waals surface area contributed by atoms with Crippen LogP contribution in [0.5, 0.6) is 0 Å². The van der Waals surface area contributed by atoms with Gasteiger partial charge in [0, 0.05) is 12.8 Å². The topological polar surface area (TPSA) is 152 Å². The largest absolute Gasteiger partial charge is 0.462 e. The molecule has 334 valence electrons. The summed E-state index contributed by atoms with van der Waals surface area (Å²) in [4.78, 5) is 25.3. The lowest BCUT2D eigenvalue weighted by Crippen LogP contribution is -2.59. The van der Waals surface area contributed by atoms with Crippen molar-refractivity contribution in [3.63, 3.8) is 0 Å². The van der Waals surface area contributed by atoms with E-state index in [1.165, 1.54) is 89.9 Å². The first-order valence-corrected chi connectivity index (χ1v) is 22.9. The summed E-state index contributed by atoms with van der Waals surface area (Å²) in [6.45, 7) is 3.32. The second kappa shape index (κ2) is 38.6. The van der Waals surface area contributed by atoms with Crippen LogP contribution in [0.25, 0.3) is 0 Å². The van der Waals surface area contributed by atoms with Crippen molar-refractivity contribution in [2.24, 2.45) is 0 Å². The lowest BCUT2D eigenvalue weighted by Gasteiger charge is -2.39. The Morgan fingerprint density at radius 2 is 1.00 bits per heavy atom. The lowest BCUT2D eigenvalue weighted by atomic mass is 9.99. The summed E-state index contributed by atoms with van der Waals surface area (Å²) >= 11 is 0. The van der Waals surface area contributed by atoms with Gasteiger partial charge in [0.05, 0.1) is 13.2 Å². The molecule has 1 fully saturated rings. The number of rotatable bonds is 37. The highest BCUT2D eigenvalue weighted by Gasteiger charge is 2.44. The Hall–Kier alpha value is -2.60. The SMILES string of the molecule is CCCCC/C=C/C/C=C/C/C=C/C/C=C/C/C=C/CCC(=O)OC[C@@H](CO[C@H]1O[C@@H](CO)[C@@H](O)C(O)C1O)OC(=O)CCCCCCCCCCCCCCCC. The molecule has 10 heteroatoms. The Kier molecular flexibility index (Phi) is 35.5. The van der Waals surface area contributed by atoms with Crippen LogP contribution >= 0.6 is 0 Å². The van der Waals surface area contributed by atoms with E-state index >= 15 is 0 Å². The number of carbonyl (C=O) groups is 2. The molecular weight excluding hydrogens is 737 g/mol. The van der Waals surface area contributed by atoms with E-state index in [4.69, 9.17) is 18.9 Å². The highest BCUT2D eigenvalue weighted by molar-refractivity contribution is 5.70. The molecule has 4 N–H and O–H groups in total. The Morgan fingerprint density at radius 1 is 0.534 bits per heavy atom. The van der Waals surface area contributed by atoms with Gasteiger partial charge in [-0.1, -0.05) is 171 Å². The van der Waals surface area contributed by atoms with Gasteiger partial charge in [-0.05, 0) is 51.4 Å². The third-order valence-corrected chi connectivity index (χ3v) is 10.2. The monoisotopic (exact) mass is 819 g/mol. The Bertz CT molecular complexity index is 1130. The first kappa shape index (κ1) is 53.4. The van der Waals surface area contributed by atoms with Crippen molar-refractivity contribution in [1.29, 1.82) is 0 Å². The van der Waals surface area contributed by atoms with E-state index in [1.807, 2.05) is 12.2 Å². The van der Waals surface area contributed by atoms with Crippen LogP contribution in [0, 0.1) is 0 Å². The molecule has 1 rings (SSSR count). The number of aliphatic hydroxyl groups excluding tert-OH is 4. The molecule has 1 aliphatic rings. The number of hydrogen-bond acceptors (Lipinski definition) is 10. The summed E-state index contributed by atoms with van der Waals surface area (Å²) in [7, 11) is 0. The van der Waals surface area contributed by atoms with Gasteiger partial charge in [-0.25, -0.2) is 0 Å². The summed E-state index contributed by atoms with van der Waals surface area (Å²) in [6.07, 6.45) is 39.5. The van der Waals surface area contributed by atoms with Gasteiger partial charge in [0.2, 0.25) is 0 Å². The van der Waals surface area contributed by atoms with Gasteiger partial charge in [0.1, 0.15) is 31.0 Å². The third-order valence-electron chi connectivity index (χ3n) is 10.2. The van der Waals surface area contributed by atoms with Crippen LogP contribution in [0.2, 0.25) is 0 Å². The number of esters is 2. The van der Waals surface area contributed by atoms with Crippen LogP contribution in [-0.2, 0) is 28.5 Å². The number of unbranched alkanes of at least 4 members (excludes halogenated alkanes) is 16. The van der Waals surface area contributed by atoms with Crippen molar-refractivity contribution in [3.05, 3.63) is 60.8 Å². The molecule has 10 nitrogen and oxygen atoms in total. The summed E-state index contributed by atoms with van der Waals surface area (Å²) in [5, 5.41) is 40.1. The minimum atomic E-state index is -1.61. The van der Waals surface area contributed by atoms with Crippen LogP contribution in [0.4, 0.5) is 0 Å². The highest BCUT2D eigenvalue weighted by Crippen LogP contribution is 2.22. The predicted molar refractivity (Wildman–Crippen MR) is 233 cm³/mol. The van der Waals surface area contributed by atoms with Crippen LogP contribution in [0.3, 0.4) is 0 Å². The summed E-state index contributed by atoms with van der Waals surface area (Å²) in [5.41, 5.74) is 0. The zero-order valence-corrected chi connectivity index (χ0v) is 36.3. The molecule has 1 saturated heterocycles. The van der Waals surface area contributed by atoms with Crippen LogP contribution in [-0.4, -0.2) is 89.0 Å². The Balaban J connectivity index is 2.38. The summed E-state index contributed by atoms with van der Waals surface area (Å²) in [6, 6.07) is 0. The van der Waals surface area contributed by atoms with E-state index < -0.39 is 55.4 Å². The number of carbonyl (C=O) groups excluding carboxylic acids is 2. The van der Waals surface area contributed by atoms with E-state index in [2.05, 4.69) is 62.5 Å². The van der Waals surface area contributed by atoms with Gasteiger partial charge in [-0.15, -0.1) is 0 Å². The first-order valence-electron chi connectivity index (χ1n) is 22.9. The van der Waals surface area contributed by atoms with Gasteiger partial charge in [-0.2, -0.15) is 0 Å². The van der Waals surface area contributed by atoms with Gasteiger partial charge >= 0.3 is 11.9 Å². The predicted octanol–water partition coefficient (Wildman–Crippen LogP) is 9.83. The fourth-order valence-electron chi connectivity index (χ4n) is 6.52. The maximum absolute atomic E-state index is 12.8. The number of hydrogen-bond donors (Lipinski definition) is 4. The second-order valence-electron chi connectivity index (χ2n) is 15.5. The minimum Gasteiger partial charge on any atom is -0.462 e.